The van der Waals surface area contributed by atoms with Crippen LogP contribution in [0.2, 0.25) is 0 Å². The van der Waals surface area contributed by atoms with Gasteiger partial charge in [-0.25, -0.2) is 0 Å². The number of benzene rings is 2. The van der Waals surface area contributed by atoms with Crippen molar-refractivity contribution in [2.75, 3.05) is 44.6 Å². The molecule has 0 heterocycles. The molecule has 0 aliphatic heterocycles. The maximum Gasteiger partial charge on any atom is 0.256 e. The summed E-state index contributed by atoms with van der Waals surface area (Å²) in [5.41, 5.74) is 2.32. The molecule has 2 aromatic rings. The molecule has 7 heteroatoms. The van der Waals surface area contributed by atoms with Crippen molar-refractivity contribution in [2.45, 2.75) is 0 Å². The number of ether oxygens (including phenoxy) is 1. The predicted octanol–water partition coefficient (Wildman–Crippen LogP) is 3.14. The molecule has 0 fully saturated rings. The van der Waals surface area contributed by atoms with Gasteiger partial charge < -0.3 is 20.3 Å². The number of hydrogen-bond donors (Lipinski definition) is 2. The molecule has 0 aromatic heterocycles. The number of methoxy groups -OCH3 is 1. The number of anilines is 2. The molecule has 0 atom stereocenters. The van der Waals surface area contributed by atoms with Crippen LogP contribution in [0.1, 0.15) is 20.7 Å². The maximum absolute atomic E-state index is 12.5. The van der Waals surface area contributed by atoms with E-state index in [-0.39, 0.29) is 11.8 Å². The van der Waals surface area contributed by atoms with Crippen molar-refractivity contribution in [1.82, 2.24) is 5.32 Å². The van der Waals surface area contributed by atoms with Crippen LogP contribution in [0.5, 0.6) is 0 Å². The Hall–Kier alpha value is -2.38. The van der Waals surface area contributed by atoms with Crippen LogP contribution in [0.4, 0.5) is 11.4 Å². The van der Waals surface area contributed by atoms with Crippen LogP contribution in [-0.4, -0.2) is 46.2 Å². The number of hydrogen-bond acceptors (Lipinski definition) is 4. The van der Waals surface area contributed by atoms with Gasteiger partial charge in [0.05, 0.1) is 17.7 Å². The minimum absolute atomic E-state index is 0.220. The van der Waals surface area contributed by atoms with E-state index in [0.717, 1.165) is 5.69 Å². The van der Waals surface area contributed by atoms with E-state index in [4.69, 9.17) is 4.74 Å². The second-order valence-electron chi connectivity index (χ2n) is 5.81. The summed E-state index contributed by atoms with van der Waals surface area (Å²) in [6, 6.07) is 12.4. The average molecular weight is 420 g/mol. The highest BCUT2D eigenvalue weighted by atomic mass is 79.9. The third-order valence-electron chi connectivity index (χ3n) is 3.69. The van der Waals surface area contributed by atoms with E-state index < -0.39 is 0 Å². The minimum Gasteiger partial charge on any atom is -0.383 e. The van der Waals surface area contributed by atoms with E-state index in [2.05, 4.69) is 26.6 Å². The van der Waals surface area contributed by atoms with Crippen molar-refractivity contribution in [3.05, 3.63) is 58.1 Å². The highest BCUT2D eigenvalue weighted by molar-refractivity contribution is 9.10. The summed E-state index contributed by atoms with van der Waals surface area (Å²) in [5, 5.41) is 5.64. The third-order valence-corrected chi connectivity index (χ3v) is 4.38. The molecule has 6 nitrogen and oxygen atoms in total. The second-order valence-corrected chi connectivity index (χ2v) is 6.66. The summed E-state index contributed by atoms with van der Waals surface area (Å²) in [6.07, 6.45) is 0. The number of halogens is 1. The van der Waals surface area contributed by atoms with Crippen LogP contribution < -0.4 is 15.5 Å². The molecule has 0 saturated carbocycles. The highest BCUT2D eigenvalue weighted by Crippen LogP contribution is 2.24. The molecule has 0 radical (unpaired) electrons. The topological polar surface area (TPSA) is 70.7 Å². The van der Waals surface area contributed by atoms with Gasteiger partial charge in [0.1, 0.15) is 0 Å². The number of carbonyl (C=O) groups excluding carboxylic acids is 2. The predicted molar refractivity (Wildman–Crippen MR) is 107 cm³/mol. The monoisotopic (exact) mass is 419 g/mol. The molecule has 0 aliphatic rings. The first kappa shape index (κ1) is 19.9. The molecule has 0 unspecified atom stereocenters. The zero-order valence-electron chi connectivity index (χ0n) is 15.0. The van der Waals surface area contributed by atoms with Gasteiger partial charge in [-0.1, -0.05) is 12.1 Å². The Balaban J connectivity index is 2.24. The fraction of sp³-hybridized carbons (Fsp3) is 0.263. The average Bonchev–Trinajstić information content (AvgIpc) is 2.61. The maximum atomic E-state index is 12.5. The van der Waals surface area contributed by atoms with E-state index in [1.807, 2.05) is 25.1 Å². The van der Waals surface area contributed by atoms with Crippen molar-refractivity contribution in [3.8, 4) is 0 Å². The smallest absolute Gasteiger partial charge is 0.256 e. The van der Waals surface area contributed by atoms with E-state index in [1.165, 1.54) is 0 Å². The normalized spacial score (nSPS) is 10.3. The van der Waals surface area contributed by atoms with Gasteiger partial charge in [-0.3, -0.25) is 9.59 Å². The summed E-state index contributed by atoms with van der Waals surface area (Å²) in [7, 11) is 5.30. The van der Waals surface area contributed by atoms with E-state index >= 15 is 0 Å². The molecule has 2 rings (SSSR count). The Morgan fingerprint density at radius 2 is 1.81 bits per heavy atom. The van der Waals surface area contributed by atoms with Crippen molar-refractivity contribution in [1.29, 1.82) is 0 Å². The summed E-state index contributed by atoms with van der Waals surface area (Å²) >= 11 is 3.37. The Bertz CT molecular complexity index is 793. The van der Waals surface area contributed by atoms with Gasteiger partial charge in [0.2, 0.25) is 0 Å². The van der Waals surface area contributed by atoms with Crippen LogP contribution in [-0.2, 0) is 4.74 Å². The van der Waals surface area contributed by atoms with Crippen LogP contribution in [0.3, 0.4) is 0 Å². The fourth-order valence-electron chi connectivity index (χ4n) is 2.39. The quantitative estimate of drug-likeness (QED) is 0.676. The lowest BCUT2D eigenvalue weighted by Gasteiger charge is -2.18. The number of rotatable bonds is 7. The molecule has 0 aliphatic carbocycles. The van der Waals surface area contributed by atoms with Crippen LogP contribution in [0.25, 0.3) is 0 Å². The van der Waals surface area contributed by atoms with Gasteiger partial charge in [-0.15, -0.1) is 0 Å². The van der Waals surface area contributed by atoms with E-state index in [0.29, 0.717) is 34.4 Å². The van der Waals surface area contributed by atoms with Gasteiger partial charge in [-0.05, 0) is 46.3 Å². The fourth-order valence-corrected chi connectivity index (χ4v) is 2.86. The van der Waals surface area contributed by atoms with Crippen LogP contribution in [0.15, 0.2) is 46.9 Å². The lowest BCUT2D eigenvalue weighted by atomic mass is 10.1. The Morgan fingerprint density at radius 3 is 2.46 bits per heavy atom. The Labute approximate surface area is 161 Å². The molecule has 0 saturated heterocycles. The molecule has 2 aromatic carbocycles. The van der Waals surface area contributed by atoms with Gasteiger partial charge in [0, 0.05) is 43.6 Å². The zero-order valence-corrected chi connectivity index (χ0v) is 16.6. The van der Waals surface area contributed by atoms with Gasteiger partial charge in [0.15, 0.2) is 0 Å². The summed E-state index contributed by atoms with van der Waals surface area (Å²) < 4.78 is 5.66. The first-order valence-electron chi connectivity index (χ1n) is 8.08. The van der Waals surface area contributed by atoms with E-state index in [9.17, 15) is 9.59 Å². The minimum atomic E-state index is -0.249. The first-order valence-corrected chi connectivity index (χ1v) is 8.87. The number of amides is 2. The van der Waals surface area contributed by atoms with E-state index in [1.54, 1.807) is 43.5 Å². The number of nitrogens with zero attached hydrogens (tertiary/aromatic N) is 1. The van der Waals surface area contributed by atoms with Gasteiger partial charge in [-0.2, -0.15) is 0 Å². The summed E-state index contributed by atoms with van der Waals surface area (Å²) in [6.45, 7) is 0.844. The van der Waals surface area contributed by atoms with Crippen molar-refractivity contribution >= 4 is 39.1 Å². The molecule has 0 spiro atoms. The largest absolute Gasteiger partial charge is 0.383 e. The van der Waals surface area contributed by atoms with Crippen molar-refractivity contribution in [2.24, 2.45) is 0 Å². The number of nitrogens with one attached hydrogen (secondary N) is 2. The second kappa shape index (κ2) is 9.35. The molecule has 138 valence electrons. The lowest BCUT2D eigenvalue weighted by Crippen LogP contribution is -2.28. The lowest BCUT2D eigenvalue weighted by molar-refractivity contribution is 0.0936. The third kappa shape index (κ3) is 5.06. The van der Waals surface area contributed by atoms with Crippen LogP contribution in [0, 0.1) is 0 Å². The van der Waals surface area contributed by atoms with Crippen molar-refractivity contribution in [3.63, 3.8) is 0 Å². The first-order chi connectivity index (χ1) is 12.4. The van der Waals surface area contributed by atoms with Crippen molar-refractivity contribution < 1.29 is 14.3 Å². The molecule has 2 amide bonds. The standard InChI is InChI=1S/C19H22BrN3O3/c1-23(2)17-9-8-13(12-15(17)18(24)21-10-11-26-3)22-19(25)14-6-4-5-7-16(14)20/h4-9,12H,10-11H2,1-3H3,(H,21,24)(H,22,25). The molecule has 2 N–H and O–H groups in total. The van der Waals surface area contributed by atoms with Gasteiger partial charge in [0.25, 0.3) is 11.8 Å². The number of carbonyl (C=O) groups is 2. The molecule has 0 bridgehead atoms. The summed E-state index contributed by atoms with van der Waals surface area (Å²) in [4.78, 5) is 26.8. The molecular weight excluding hydrogens is 398 g/mol. The zero-order chi connectivity index (χ0) is 19.1. The molecular formula is C19H22BrN3O3. The SMILES string of the molecule is COCCNC(=O)c1cc(NC(=O)c2ccccc2Br)ccc1N(C)C. The van der Waals surface area contributed by atoms with Crippen LogP contribution >= 0.6 is 15.9 Å². The van der Waals surface area contributed by atoms with Gasteiger partial charge >= 0.3 is 0 Å². The molecule has 26 heavy (non-hydrogen) atoms. The summed E-state index contributed by atoms with van der Waals surface area (Å²) in [5.74, 6) is -0.469. The Kier molecular flexibility index (Phi) is 7.17. The Morgan fingerprint density at radius 1 is 1.08 bits per heavy atom. The highest BCUT2D eigenvalue weighted by Gasteiger charge is 2.15.